The lowest BCUT2D eigenvalue weighted by molar-refractivity contribution is -0.387. The van der Waals surface area contributed by atoms with E-state index < -0.39 is 26.0 Å². The predicted molar refractivity (Wildman–Crippen MR) is 90.2 cm³/mol. The number of nitrogens with one attached hydrogen (secondary N) is 1. The highest BCUT2D eigenvalue weighted by Gasteiger charge is 2.31. The third kappa shape index (κ3) is 3.77. The zero-order valence-corrected chi connectivity index (χ0v) is 14.3. The van der Waals surface area contributed by atoms with Crippen molar-refractivity contribution in [2.45, 2.75) is 30.6 Å². The number of pyridine rings is 1. The molecule has 0 saturated heterocycles. The van der Waals surface area contributed by atoms with Gasteiger partial charge in [-0.25, -0.2) is 13.1 Å². The van der Waals surface area contributed by atoms with Gasteiger partial charge in [-0.05, 0) is 24.6 Å². The van der Waals surface area contributed by atoms with Crippen molar-refractivity contribution in [1.82, 2.24) is 9.71 Å². The average molecular weight is 349 g/mol. The number of para-hydroxylation sites is 1. The number of hydrogen-bond acceptors (Lipinski definition) is 5. The molecule has 1 aromatic heterocycles. The Bertz CT molecular complexity index is 824. The SMILES string of the molecule is CCC(C)(CNS(=O)(=O)c1ccccc1[N+](=O)[O-])c1ccccn1. The van der Waals surface area contributed by atoms with Crippen LogP contribution in [-0.4, -0.2) is 24.9 Å². The minimum Gasteiger partial charge on any atom is -0.261 e. The van der Waals surface area contributed by atoms with Crippen molar-refractivity contribution in [3.63, 3.8) is 0 Å². The molecule has 7 nitrogen and oxygen atoms in total. The number of nitro groups is 1. The van der Waals surface area contributed by atoms with Gasteiger partial charge in [-0.15, -0.1) is 0 Å². The molecule has 0 amide bonds. The van der Waals surface area contributed by atoms with Crippen LogP contribution in [0.1, 0.15) is 26.0 Å². The summed E-state index contributed by atoms with van der Waals surface area (Å²) in [6, 6.07) is 10.8. The molecule has 128 valence electrons. The highest BCUT2D eigenvalue weighted by atomic mass is 32.2. The van der Waals surface area contributed by atoms with E-state index in [1.165, 1.54) is 24.3 Å². The molecule has 0 spiro atoms. The molecule has 0 fully saturated rings. The van der Waals surface area contributed by atoms with Gasteiger partial charge in [-0.2, -0.15) is 0 Å². The van der Waals surface area contributed by atoms with Crippen LogP contribution in [-0.2, 0) is 15.4 Å². The fourth-order valence-corrected chi connectivity index (χ4v) is 3.62. The van der Waals surface area contributed by atoms with Gasteiger partial charge in [-0.1, -0.05) is 32.0 Å². The van der Waals surface area contributed by atoms with Crippen LogP contribution in [0.4, 0.5) is 5.69 Å². The summed E-state index contributed by atoms with van der Waals surface area (Å²) < 4.78 is 27.5. The van der Waals surface area contributed by atoms with Gasteiger partial charge in [0.25, 0.3) is 5.69 Å². The largest absolute Gasteiger partial charge is 0.289 e. The molecular formula is C16H19N3O4S. The topological polar surface area (TPSA) is 102 Å². The summed E-state index contributed by atoms with van der Waals surface area (Å²) in [5.41, 5.74) is -0.198. The third-order valence-electron chi connectivity index (χ3n) is 4.07. The van der Waals surface area contributed by atoms with Crippen molar-refractivity contribution in [2.24, 2.45) is 0 Å². The van der Waals surface area contributed by atoms with E-state index in [9.17, 15) is 18.5 Å². The van der Waals surface area contributed by atoms with Crippen molar-refractivity contribution in [3.05, 3.63) is 64.5 Å². The molecule has 0 saturated carbocycles. The van der Waals surface area contributed by atoms with E-state index in [0.717, 1.165) is 5.69 Å². The van der Waals surface area contributed by atoms with Gasteiger partial charge in [0.2, 0.25) is 10.0 Å². The molecule has 1 unspecified atom stereocenters. The summed E-state index contributed by atoms with van der Waals surface area (Å²) in [6.07, 6.45) is 2.31. The molecule has 8 heteroatoms. The van der Waals surface area contributed by atoms with Gasteiger partial charge in [0.15, 0.2) is 4.90 Å². The van der Waals surface area contributed by atoms with E-state index in [4.69, 9.17) is 0 Å². The third-order valence-corrected chi connectivity index (χ3v) is 5.52. The summed E-state index contributed by atoms with van der Waals surface area (Å²) in [5, 5.41) is 11.1. The van der Waals surface area contributed by atoms with Crippen LogP contribution in [0.2, 0.25) is 0 Å². The zero-order valence-electron chi connectivity index (χ0n) is 13.5. The number of rotatable bonds is 7. The van der Waals surface area contributed by atoms with Crippen molar-refractivity contribution < 1.29 is 13.3 Å². The molecule has 1 heterocycles. The molecule has 0 radical (unpaired) electrons. The lowest BCUT2D eigenvalue weighted by atomic mass is 9.84. The first kappa shape index (κ1) is 18.0. The molecule has 1 atom stereocenters. The second-order valence-electron chi connectivity index (χ2n) is 5.68. The predicted octanol–water partition coefficient (Wildman–Crippen LogP) is 2.64. The summed E-state index contributed by atoms with van der Waals surface area (Å²) >= 11 is 0. The molecule has 2 rings (SSSR count). The molecule has 0 aliphatic rings. The van der Waals surface area contributed by atoms with E-state index in [-0.39, 0.29) is 11.4 Å². The minimum atomic E-state index is -4.01. The Morgan fingerprint density at radius 1 is 1.21 bits per heavy atom. The van der Waals surface area contributed by atoms with Gasteiger partial charge in [0, 0.05) is 29.9 Å². The van der Waals surface area contributed by atoms with Gasteiger partial charge >= 0.3 is 0 Å². The number of aromatic nitrogens is 1. The van der Waals surface area contributed by atoms with Gasteiger partial charge in [-0.3, -0.25) is 15.1 Å². The first-order valence-electron chi connectivity index (χ1n) is 7.45. The van der Waals surface area contributed by atoms with E-state index >= 15 is 0 Å². The maximum absolute atomic E-state index is 12.5. The van der Waals surface area contributed by atoms with E-state index in [1.807, 2.05) is 26.0 Å². The van der Waals surface area contributed by atoms with E-state index in [2.05, 4.69) is 9.71 Å². The minimum absolute atomic E-state index is 0.0922. The van der Waals surface area contributed by atoms with E-state index in [1.54, 1.807) is 12.3 Å². The molecule has 0 aliphatic carbocycles. The molecular weight excluding hydrogens is 330 g/mol. The fraction of sp³-hybridized carbons (Fsp3) is 0.312. The average Bonchev–Trinajstić information content (AvgIpc) is 2.60. The Hall–Kier alpha value is -2.32. The smallest absolute Gasteiger partial charge is 0.261 e. The van der Waals surface area contributed by atoms with Crippen molar-refractivity contribution >= 4 is 15.7 Å². The molecule has 2 aromatic rings. The highest BCUT2D eigenvalue weighted by Crippen LogP contribution is 2.27. The Balaban J connectivity index is 2.29. The van der Waals surface area contributed by atoms with Crippen LogP contribution in [0.25, 0.3) is 0 Å². The van der Waals surface area contributed by atoms with Gasteiger partial charge in [0.1, 0.15) is 0 Å². The number of hydrogen-bond donors (Lipinski definition) is 1. The van der Waals surface area contributed by atoms with Crippen molar-refractivity contribution in [3.8, 4) is 0 Å². The zero-order chi connectivity index (χ0) is 17.8. The second kappa shape index (κ2) is 7.06. The maximum Gasteiger partial charge on any atom is 0.289 e. The number of nitro benzene ring substituents is 1. The molecule has 1 N–H and O–H groups in total. The molecule has 1 aromatic carbocycles. The number of benzene rings is 1. The van der Waals surface area contributed by atoms with Crippen LogP contribution < -0.4 is 4.72 Å². The van der Waals surface area contributed by atoms with Gasteiger partial charge in [0.05, 0.1) is 4.92 Å². The lowest BCUT2D eigenvalue weighted by Crippen LogP contribution is -2.39. The van der Waals surface area contributed by atoms with Crippen LogP contribution in [0, 0.1) is 10.1 Å². The first-order chi connectivity index (χ1) is 11.3. The summed E-state index contributed by atoms with van der Waals surface area (Å²) in [6.45, 7) is 3.93. The van der Waals surface area contributed by atoms with Crippen molar-refractivity contribution in [2.75, 3.05) is 6.54 Å². The van der Waals surface area contributed by atoms with E-state index in [0.29, 0.717) is 6.42 Å². The summed E-state index contributed by atoms with van der Waals surface area (Å²) in [7, 11) is -4.01. The van der Waals surface area contributed by atoms with Gasteiger partial charge < -0.3 is 0 Å². The Morgan fingerprint density at radius 3 is 2.46 bits per heavy atom. The Labute approximate surface area is 140 Å². The first-order valence-corrected chi connectivity index (χ1v) is 8.93. The van der Waals surface area contributed by atoms with Crippen molar-refractivity contribution in [1.29, 1.82) is 0 Å². The van der Waals surface area contributed by atoms with Crippen LogP contribution in [0.15, 0.2) is 53.6 Å². The quantitative estimate of drug-likeness (QED) is 0.611. The number of nitrogens with zero attached hydrogens (tertiary/aromatic N) is 2. The highest BCUT2D eigenvalue weighted by molar-refractivity contribution is 7.89. The summed E-state index contributed by atoms with van der Waals surface area (Å²) in [5.74, 6) is 0. The fourth-order valence-electron chi connectivity index (χ4n) is 2.28. The van der Waals surface area contributed by atoms with Crippen LogP contribution in [0.5, 0.6) is 0 Å². The monoisotopic (exact) mass is 349 g/mol. The lowest BCUT2D eigenvalue weighted by Gasteiger charge is -2.27. The normalized spacial score (nSPS) is 14.1. The Morgan fingerprint density at radius 2 is 1.88 bits per heavy atom. The molecule has 0 aliphatic heterocycles. The molecule has 24 heavy (non-hydrogen) atoms. The van der Waals surface area contributed by atoms with Crippen LogP contribution >= 0.6 is 0 Å². The standard InChI is InChI=1S/C16H19N3O4S/c1-3-16(2,15-10-6-7-11-17-15)12-18-24(22,23)14-9-5-4-8-13(14)19(20)21/h4-11,18H,3,12H2,1-2H3. The summed E-state index contributed by atoms with van der Waals surface area (Å²) in [4.78, 5) is 14.3. The van der Waals surface area contributed by atoms with Crippen LogP contribution in [0.3, 0.4) is 0 Å². The second-order valence-corrected chi connectivity index (χ2v) is 7.41. The maximum atomic E-state index is 12.5. The Kier molecular flexibility index (Phi) is 5.30. The molecule has 0 bridgehead atoms. The number of sulfonamides is 1.